The van der Waals surface area contributed by atoms with Gasteiger partial charge in [0.1, 0.15) is 0 Å². The van der Waals surface area contributed by atoms with E-state index in [0.717, 1.165) is 19.4 Å². The van der Waals surface area contributed by atoms with Crippen LogP contribution in [0.5, 0.6) is 0 Å². The Labute approximate surface area is 159 Å². The number of nitrogens with one attached hydrogen (secondary N) is 1. The SMILES string of the molecule is C[C@@H]1C[C@@H](CC(=O)N2c3ccccc3C(=O)Nc3cccnc32)CCN1C. The standard InChI is InChI=1S/C21H24N4O2/c1-14-12-15(9-11-24(14)2)13-19(26)25-18-8-4-3-6-16(18)21(27)23-17-7-5-10-22-20(17)25/h3-8,10,14-15H,9,11-13H2,1-2H3,(H,23,27)/t14-,15+/m1/s1. The summed E-state index contributed by atoms with van der Waals surface area (Å²) >= 11 is 0. The average Bonchev–Trinajstić information content (AvgIpc) is 2.79. The third kappa shape index (κ3) is 3.32. The molecule has 2 aromatic rings. The molecule has 6 nitrogen and oxygen atoms in total. The highest BCUT2D eigenvalue weighted by atomic mass is 16.2. The van der Waals surface area contributed by atoms with Gasteiger partial charge < -0.3 is 10.2 Å². The monoisotopic (exact) mass is 364 g/mol. The smallest absolute Gasteiger partial charge is 0.257 e. The number of pyridine rings is 1. The van der Waals surface area contributed by atoms with Gasteiger partial charge in [0.05, 0.1) is 16.9 Å². The number of carbonyl (C=O) groups excluding carboxylic acids is 2. The summed E-state index contributed by atoms with van der Waals surface area (Å²) in [4.78, 5) is 34.4. The lowest BCUT2D eigenvalue weighted by atomic mass is 9.89. The van der Waals surface area contributed by atoms with Gasteiger partial charge >= 0.3 is 0 Å². The predicted molar refractivity (Wildman–Crippen MR) is 105 cm³/mol. The summed E-state index contributed by atoms with van der Waals surface area (Å²) in [5.74, 6) is 0.598. The van der Waals surface area contributed by atoms with Crippen molar-refractivity contribution >= 4 is 29.0 Å². The quantitative estimate of drug-likeness (QED) is 0.887. The molecule has 3 heterocycles. The van der Waals surface area contributed by atoms with E-state index in [9.17, 15) is 9.59 Å². The molecule has 1 saturated heterocycles. The molecule has 1 N–H and O–H groups in total. The summed E-state index contributed by atoms with van der Waals surface area (Å²) < 4.78 is 0. The molecule has 0 unspecified atom stereocenters. The largest absolute Gasteiger partial charge is 0.319 e. The van der Waals surface area contributed by atoms with Crippen molar-refractivity contribution in [1.29, 1.82) is 0 Å². The van der Waals surface area contributed by atoms with Gasteiger partial charge in [-0.25, -0.2) is 4.98 Å². The van der Waals surface area contributed by atoms with Crippen LogP contribution >= 0.6 is 0 Å². The van der Waals surface area contributed by atoms with Crippen molar-refractivity contribution in [2.24, 2.45) is 5.92 Å². The second-order valence-corrected chi connectivity index (χ2v) is 7.50. The van der Waals surface area contributed by atoms with Crippen LogP contribution in [0.1, 0.15) is 36.5 Å². The third-order valence-corrected chi connectivity index (χ3v) is 5.67. The summed E-state index contributed by atoms with van der Waals surface area (Å²) in [6.07, 6.45) is 4.12. The van der Waals surface area contributed by atoms with E-state index in [2.05, 4.69) is 29.2 Å². The first kappa shape index (κ1) is 17.7. The number of likely N-dealkylation sites (tertiary alicyclic amines) is 1. The molecule has 0 radical (unpaired) electrons. The van der Waals surface area contributed by atoms with Crippen LogP contribution < -0.4 is 10.2 Å². The van der Waals surface area contributed by atoms with Crippen molar-refractivity contribution in [3.8, 4) is 0 Å². The molecule has 140 valence electrons. The van der Waals surface area contributed by atoms with Crippen molar-refractivity contribution in [1.82, 2.24) is 9.88 Å². The van der Waals surface area contributed by atoms with Gasteiger partial charge in [0.15, 0.2) is 5.82 Å². The van der Waals surface area contributed by atoms with Crippen LogP contribution in [0.3, 0.4) is 0 Å². The van der Waals surface area contributed by atoms with Gasteiger partial charge in [-0.1, -0.05) is 12.1 Å². The number of anilines is 3. The van der Waals surface area contributed by atoms with Gasteiger partial charge in [-0.3, -0.25) is 14.5 Å². The molecule has 0 spiro atoms. The summed E-state index contributed by atoms with van der Waals surface area (Å²) in [5, 5.41) is 2.88. The third-order valence-electron chi connectivity index (χ3n) is 5.67. The number of fused-ring (bicyclic) bond motifs is 2. The molecular weight excluding hydrogens is 340 g/mol. The number of hydrogen-bond acceptors (Lipinski definition) is 4. The van der Waals surface area contributed by atoms with Gasteiger partial charge in [-0.2, -0.15) is 0 Å². The summed E-state index contributed by atoms with van der Waals surface area (Å²) in [6, 6.07) is 11.2. The fraction of sp³-hybridized carbons (Fsp3) is 0.381. The van der Waals surface area contributed by atoms with E-state index in [1.54, 1.807) is 29.3 Å². The zero-order valence-corrected chi connectivity index (χ0v) is 15.7. The van der Waals surface area contributed by atoms with E-state index in [0.29, 0.717) is 41.1 Å². The number of aromatic nitrogens is 1. The van der Waals surface area contributed by atoms with Crippen LogP contribution in [0.4, 0.5) is 17.2 Å². The Kier molecular flexibility index (Phi) is 4.66. The van der Waals surface area contributed by atoms with Crippen molar-refractivity contribution in [3.63, 3.8) is 0 Å². The molecule has 1 aromatic heterocycles. The van der Waals surface area contributed by atoms with Gasteiger partial charge in [0, 0.05) is 18.7 Å². The second kappa shape index (κ2) is 7.12. The predicted octanol–water partition coefficient (Wildman–Crippen LogP) is 3.43. The molecule has 2 aliphatic heterocycles. The maximum atomic E-state index is 13.4. The Morgan fingerprint density at radius 1 is 1.26 bits per heavy atom. The van der Waals surface area contributed by atoms with E-state index in [1.165, 1.54) is 0 Å². The van der Waals surface area contributed by atoms with E-state index in [1.807, 2.05) is 18.2 Å². The van der Waals surface area contributed by atoms with Crippen molar-refractivity contribution in [3.05, 3.63) is 48.2 Å². The lowest BCUT2D eigenvalue weighted by Crippen LogP contribution is -2.39. The minimum absolute atomic E-state index is 0.0133. The van der Waals surface area contributed by atoms with Crippen LogP contribution in [-0.4, -0.2) is 41.3 Å². The van der Waals surface area contributed by atoms with Crippen molar-refractivity contribution < 1.29 is 9.59 Å². The normalized spacial score (nSPS) is 22.4. The highest BCUT2D eigenvalue weighted by Crippen LogP contribution is 2.37. The minimum atomic E-state index is -0.219. The van der Waals surface area contributed by atoms with Crippen LogP contribution in [0.25, 0.3) is 0 Å². The van der Waals surface area contributed by atoms with E-state index >= 15 is 0 Å². The molecule has 1 fully saturated rings. The molecular formula is C21H24N4O2. The molecule has 0 saturated carbocycles. The average molecular weight is 364 g/mol. The fourth-order valence-electron chi connectivity index (χ4n) is 4.00. The van der Waals surface area contributed by atoms with E-state index < -0.39 is 0 Å². The topological polar surface area (TPSA) is 65.5 Å². The number of rotatable bonds is 2. The van der Waals surface area contributed by atoms with Gasteiger partial charge in [-0.05, 0) is 63.5 Å². The van der Waals surface area contributed by atoms with Gasteiger partial charge in [-0.15, -0.1) is 0 Å². The fourth-order valence-corrected chi connectivity index (χ4v) is 4.00. The lowest BCUT2D eigenvalue weighted by molar-refractivity contribution is -0.119. The number of piperidine rings is 1. The van der Waals surface area contributed by atoms with Crippen LogP contribution in [0, 0.1) is 5.92 Å². The lowest BCUT2D eigenvalue weighted by Gasteiger charge is -2.35. The number of hydrogen-bond donors (Lipinski definition) is 1. The Hall–Kier alpha value is -2.73. The number of benzene rings is 1. The molecule has 6 heteroatoms. The molecule has 0 aliphatic carbocycles. The number of para-hydroxylation sites is 1. The Bertz CT molecular complexity index is 882. The maximum absolute atomic E-state index is 13.4. The van der Waals surface area contributed by atoms with Crippen molar-refractivity contribution in [2.75, 3.05) is 23.8 Å². The van der Waals surface area contributed by atoms with Crippen LogP contribution in [0.2, 0.25) is 0 Å². The molecule has 2 atom stereocenters. The zero-order chi connectivity index (χ0) is 19.0. The Morgan fingerprint density at radius 2 is 2.07 bits per heavy atom. The number of carbonyl (C=O) groups is 2. The first-order valence-corrected chi connectivity index (χ1v) is 9.43. The molecule has 27 heavy (non-hydrogen) atoms. The highest BCUT2D eigenvalue weighted by molar-refractivity contribution is 6.17. The van der Waals surface area contributed by atoms with E-state index in [4.69, 9.17) is 0 Å². The van der Waals surface area contributed by atoms with Crippen LogP contribution in [0.15, 0.2) is 42.6 Å². The molecule has 2 aliphatic rings. The number of amides is 2. The second-order valence-electron chi connectivity index (χ2n) is 7.50. The zero-order valence-electron chi connectivity index (χ0n) is 15.7. The van der Waals surface area contributed by atoms with E-state index in [-0.39, 0.29) is 11.8 Å². The summed E-state index contributed by atoms with van der Waals surface area (Å²) in [6.45, 7) is 3.21. The van der Waals surface area contributed by atoms with Gasteiger partial charge in [0.25, 0.3) is 5.91 Å². The highest BCUT2D eigenvalue weighted by Gasteiger charge is 2.32. The maximum Gasteiger partial charge on any atom is 0.257 e. The first-order chi connectivity index (χ1) is 13.0. The van der Waals surface area contributed by atoms with Crippen LogP contribution in [-0.2, 0) is 4.79 Å². The van der Waals surface area contributed by atoms with Gasteiger partial charge in [0.2, 0.25) is 5.91 Å². The molecule has 2 amide bonds. The summed E-state index contributed by atoms with van der Waals surface area (Å²) in [5.41, 5.74) is 1.64. The molecule has 1 aromatic carbocycles. The molecule has 4 rings (SSSR count). The Balaban J connectivity index is 1.70. The van der Waals surface area contributed by atoms with Crippen molar-refractivity contribution in [2.45, 2.75) is 32.2 Å². The summed E-state index contributed by atoms with van der Waals surface area (Å²) in [7, 11) is 2.13. The molecule has 0 bridgehead atoms. The first-order valence-electron chi connectivity index (χ1n) is 9.43. The Morgan fingerprint density at radius 3 is 2.89 bits per heavy atom. The minimum Gasteiger partial charge on any atom is -0.319 e. The number of nitrogens with zero attached hydrogens (tertiary/aromatic N) is 3.